The molecule has 2 N–H and O–H groups in total. The van der Waals surface area contributed by atoms with Crippen molar-refractivity contribution >= 4 is 23.2 Å². The molecule has 0 aliphatic rings. The van der Waals surface area contributed by atoms with Crippen molar-refractivity contribution in [3.05, 3.63) is 51.0 Å². The fraction of sp³-hybridized carbons (Fsp3) is 0.312. The topological polar surface area (TPSA) is 79.3 Å². The molecule has 22 heavy (non-hydrogen) atoms. The van der Waals surface area contributed by atoms with E-state index in [1.807, 2.05) is 6.92 Å². The Kier molecular flexibility index (Phi) is 5.27. The van der Waals surface area contributed by atoms with Gasteiger partial charge in [0.2, 0.25) is 0 Å². The minimum atomic E-state index is -0.959. The molecular formula is C16H18N2O3S. The molecule has 1 aromatic carbocycles. The second-order valence-corrected chi connectivity index (χ2v) is 6.04. The van der Waals surface area contributed by atoms with Gasteiger partial charge in [0, 0.05) is 6.54 Å². The molecule has 0 unspecified atom stereocenters. The van der Waals surface area contributed by atoms with E-state index >= 15 is 0 Å². The van der Waals surface area contributed by atoms with E-state index in [4.69, 9.17) is 5.11 Å². The van der Waals surface area contributed by atoms with Crippen LogP contribution >= 0.6 is 11.3 Å². The van der Waals surface area contributed by atoms with Crippen LogP contribution in [0.15, 0.2) is 24.3 Å². The maximum atomic E-state index is 12.2. The van der Waals surface area contributed by atoms with Gasteiger partial charge < -0.3 is 10.4 Å². The summed E-state index contributed by atoms with van der Waals surface area (Å²) in [7, 11) is 0. The van der Waals surface area contributed by atoms with Gasteiger partial charge in [-0.05, 0) is 37.5 Å². The van der Waals surface area contributed by atoms with Crippen LogP contribution in [-0.4, -0.2) is 22.0 Å². The number of hydrogen-bond donors (Lipinski definition) is 2. The highest BCUT2D eigenvalue weighted by atomic mass is 32.1. The summed E-state index contributed by atoms with van der Waals surface area (Å²) in [6.07, 6.45) is 1.89. The lowest BCUT2D eigenvalue weighted by Gasteiger charge is -2.04. The van der Waals surface area contributed by atoms with Gasteiger partial charge in [0.25, 0.3) is 5.91 Å². The normalized spacial score (nSPS) is 10.5. The van der Waals surface area contributed by atoms with Crippen molar-refractivity contribution in [3.8, 4) is 0 Å². The van der Waals surface area contributed by atoms with E-state index in [0.29, 0.717) is 11.4 Å². The molecule has 1 amide bonds. The predicted octanol–water partition coefficient (Wildman–Crippen LogP) is 3.03. The number of benzene rings is 1. The molecule has 0 bridgehead atoms. The van der Waals surface area contributed by atoms with Crippen LogP contribution in [0.4, 0.5) is 0 Å². The second-order valence-electron chi connectivity index (χ2n) is 4.96. The van der Waals surface area contributed by atoms with Gasteiger partial charge in [-0.1, -0.05) is 19.1 Å². The van der Waals surface area contributed by atoms with Crippen LogP contribution < -0.4 is 5.32 Å². The Bertz CT molecular complexity index is 677. The van der Waals surface area contributed by atoms with Crippen LogP contribution in [-0.2, 0) is 13.0 Å². The Morgan fingerprint density at radius 3 is 2.55 bits per heavy atom. The number of rotatable bonds is 6. The minimum Gasteiger partial charge on any atom is -0.478 e. The molecule has 1 aromatic heterocycles. The molecule has 0 saturated carbocycles. The third-order valence-corrected chi connectivity index (χ3v) is 4.38. The SMILES string of the molecule is CCCc1nc(C)c(C(=O)NCc2ccc(C(=O)O)cc2)s1. The van der Waals surface area contributed by atoms with Gasteiger partial charge in [0.15, 0.2) is 0 Å². The quantitative estimate of drug-likeness (QED) is 0.858. The van der Waals surface area contributed by atoms with Gasteiger partial charge in [-0.15, -0.1) is 11.3 Å². The van der Waals surface area contributed by atoms with Crippen molar-refractivity contribution in [3.63, 3.8) is 0 Å². The molecule has 2 aromatic rings. The van der Waals surface area contributed by atoms with Crippen LogP contribution in [0.2, 0.25) is 0 Å². The number of amides is 1. The Morgan fingerprint density at radius 1 is 1.27 bits per heavy atom. The first kappa shape index (κ1) is 16.2. The molecule has 0 spiro atoms. The van der Waals surface area contributed by atoms with E-state index in [2.05, 4.69) is 17.2 Å². The number of nitrogens with zero attached hydrogens (tertiary/aromatic N) is 1. The molecule has 0 atom stereocenters. The van der Waals surface area contributed by atoms with Crippen LogP contribution in [0, 0.1) is 6.92 Å². The van der Waals surface area contributed by atoms with E-state index in [9.17, 15) is 9.59 Å². The minimum absolute atomic E-state index is 0.139. The number of thiazole rings is 1. The Balaban J connectivity index is 1.99. The number of carbonyl (C=O) groups excluding carboxylic acids is 1. The average molecular weight is 318 g/mol. The van der Waals surface area contributed by atoms with E-state index in [-0.39, 0.29) is 11.5 Å². The molecule has 116 valence electrons. The first-order valence-corrected chi connectivity index (χ1v) is 7.89. The summed E-state index contributed by atoms with van der Waals surface area (Å²) in [6.45, 7) is 4.28. The van der Waals surface area contributed by atoms with E-state index in [1.165, 1.54) is 23.5 Å². The summed E-state index contributed by atoms with van der Waals surface area (Å²) in [6, 6.07) is 6.46. The van der Waals surface area contributed by atoms with Gasteiger partial charge in [-0.25, -0.2) is 9.78 Å². The number of carboxylic acids is 1. The number of nitrogens with one attached hydrogen (secondary N) is 1. The van der Waals surface area contributed by atoms with Crippen molar-refractivity contribution in [2.24, 2.45) is 0 Å². The molecular weight excluding hydrogens is 300 g/mol. The fourth-order valence-electron chi connectivity index (χ4n) is 2.01. The molecule has 0 aliphatic heterocycles. The van der Waals surface area contributed by atoms with Gasteiger partial charge in [0.1, 0.15) is 4.88 Å². The second kappa shape index (κ2) is 7.17. The maximum absolute atomic E-state index is 12.2. The predicted molar refractivity (Wildman–Crippen MR) is 85.4 cm³/mol. The van der Waals surface area contributed by atoms with Gasteiger partial charge in [0.05, 0.1) is 16.3 Å². The van der Waals surface area contributed by atoms with E-state index in [1.54, 1.807) is 12.1 Å². The summed E-state index contributed by atoms with van der Waals surface area (Å²) in [5, 5.41) is 12.7. The highest BCUT2D eigenvalue weighted by Gasteiger charge is 2.14. The van der Waals surface area contributed by atoms with E-state index < -0.39 is 5.97 Å². The smallest absolute Gasteiger partial charge is 0.335 e. The zero-order chi connectivity index (χ0) is 16.1. The number of hydrogen-bond acceptors (Lipinski definition) is 4. The van der Waals surface area contributed by atoms with Crippen molar-refractivity contribution in [2.75, 3.05) is 0 Å². The monoisotopic (exact) mass is 318 g/mol. The van der Waals surface area contributed by atoms with Gasteiger partial charge in [-0.2, -0.15) is 0 Å². The van der Waals surface area contributed by atoms with Gasteiger partial charge in [-0.3, -0.25) is 4.79 Å². The van der Waals surface area contributed by atoms with Crippen LogP contribution in [0.3, 0.4) is 0 Å². The molecule has 1 heterocycles. The Morgan fingerprint density at radius 2 is 1.95 bits per heavy atom. The number of aromatic carboxylic acids is 1. The zero-order valence-electron chi connectivity index (χ0n) is 12.5. The zero-order valence-corrected chi connectivity index (χ0v) is 13.4. The molecule has 0 radical (unpaired) electrons. The third-order valence-electron chi connectivity index (χ3n) is 3.16. The molecule has 2 rings (SSSR count). The molecule has 5 nitrogen and oxygen atoms in total. The lowest BCUT2D eigenvalue weighted by molar-refractivity contribution is 0.0696. The van der Waals surface area contributed by atoms with Crippen LogP contribution in [0.5, 0.6) is 0 Å². The van der Waals surface area contributed by atoms with Crippen LogP contribution in [0.1, 0.15) is 49.6 Å². The number of carboxylic acid groups (broad SMARTS) is 1. The average Bonchev–Trinajstić information content (AvgIpc) is 2.86. The number of carbonyl (C=O) groups is 2. The van der Waals surface area contributed by atoms with Gasteiger partial charge >= 0.3 is 5.97 Å². The summed E-state index contributed by atoms with van der Waals surface area (Å²) < 4.78 is 0. The summed E-state index contributed by atoms with van der Waals surface area (Å²) in [4.78, 5) is 28.0. The number of aromatic nitrogens is 1. The molecule has 0 fully saturated rings. The molecule has 0 aliphatic carbocycles. The first-order valence-electron chi connectivity index (χ1n) is 7.08. The summed E-state index contributed by atoms with van der Waals surface area (Å²) in [5.41, 5.74) is 1.85. The lowest BCUT2D eigenvalue weighted by atomic mass is 10.1. The summed E-state index contributed by atoms with van der Waals surface area (Å²) >= 11 is 1.43. The highest BCUT2D eigenvalue weighted by molar-refractivity contribution is 7.13. The Labute approximate surface area is 133 Å². The molecule has 6 heteroatoms. The fourth-order valence-corrected chi connectivity index (χ4v) is 3.09. The van der Waals surface area contributed by atoms with Crippen molar-refractivity contribution in [1.82, 2.24) is 10.3 Å². The van der Waals surface area contributed by atoms with Crippen molar-refractivity contribution in [1.29, 1.82) is 0 Å². The standard InChI is InChI=1S/C16H18N2O3S/c1-3-4-13-18-10(2)14(22-13)15(19)17-9-11-5-7-12(8-6-11)16(20)21/h5-8H,3-4,9H2,1-2H3,(H,17,19)(H,20,21). The van der Waals surface area contributed by atoms with Crippen LogP contribution in [0.25, 0.3) is 0 Å². The lowest BCUT2D eigenvalue weighted by Crippen LogP contribution is -2.22. The van der Waals surface area contributed by atoms with Crippen molar-refractivity contribution in [2.45, 2.75) is 33.2 Å². The molecule has 0 saturated heterocycles. The van der Waals surface area contributed by atoms with E-state index in [0.717, 1.165) is 29.1 Å². The first-order chi connectivity index (χ1) is 10.5. The number of aryl methyl sites for hydroxylation is 2. The van der Waals surface area contributed by atoms with Crippen molar-refractivity contribution < 1.29 is 14.7 Å². The summed E-state index contributed by atoms with van der Waals surface area (Å²) in [5.74, 6) is -1.10. The highest BCUT2D eigenvalue weighted by Crippen LogP contribution is 2.19. The third kappa shape index (κ3) is 3.92. The largest absolute Gasteiger partial charge is 0.478 e. The maximum Gasteiger partial charge on any atom is 0.335 e. The Hall–Kier alpha value is -2.21.